The molecule has 6 nitrogen and oxygen atoms in total. The minimum atomic E-state index is -0.162. The summed E-state index contributed by atoms with van der Waals surface area (Å²) in [7, 11) is 1.80. The van der Waals surface area contributed by atoms with Crippen LogP contribution in [0.15, 0.2) is 12.4 Å². The van der Waals surface area contributed by atoms with Crippen LogP contribution < -0.4 is 5.32 Å². The molecule has 2 rings (SSSR count). The third kappa shape index (κ3) is 2.63. The third-order valence-electron chi connectivity index (χ3n) is 3.09. The lowest BCUT2D eigenvalue weighted by molar-refractivity contribution is 0.0949. The van der Waals surface area contributed by atoms with E-state index in [4.69, 9.17) is 11.6 Å². The van der Waals surface area contributed by atoms with Gasteiger partial charge in [0.05, 0.1) is 35.2 Å². The van der Waals surface area contributed by atoms with Gasteiger partial charge in [0.1, 0.15) is 0 Å². The number of rotatable bonds is 4. The van der Waals surface area contributed by atoms with Crippen LogP contribution in [0.5, 0.6) is 0 Å². The minimum Gasteiger partial charge on any atom is -0.346 e. The first-order valence-corrected chi connectivity index (χ1v) is 6.39. The highest BCUT2D eigenvalue weighted by Crippen LogP contribution is 2.15. The average Bonchev–Trinajstić information content (AvgIpc) is 2.91. The van der Waals surface area contributed by atoms with Gasteiger partial charge in [0.2, 0.25) is 0 Å². The van der Waals surface area contributed by atoms with Gasteiger partial charge in [-0.2, -0.15) is 10.2 Å². The van der Waals surface area contributed by atoms with Crippen LogP contribution in [0.3, 0.4) is 0 Å². The highest BCUT2D eigenvalue weighted by atomic mass is 35.5. The van der Waals surface area contributed by atoms with Crippen molar-refractivity contribution in [3.05, 3.63) is 34.4 Å². The van der Waals surface area contributed by atoms with Crippen LogP contribution in [0.4, 0.5) is 0 Å². The summed E-state index contributed by atoms with van der Waals surface area (Å²) in [6.45, 7) is 4.88. The van der Waals surface area contributed by atoms with Crippen molar-refractivity contribution < 1.29 is 4.79 Å². The molecule has 7 heteroatoms. The van der Waals surface area contributed by atoms with Gasteiger partial charge in [-0.3, -0.25) is 14.2 Å². The smallest absolute Gasteiger partial charge is 0.255 e. The molecular formula is C12H16ClN5O. The van der Waals surface area contributed by atoms with E-state index in [0.29, 0.717) is 23.7 Å². The van der Waals surface area contributed by atoms with E-state index in [1.165, 1.54) is 0 Å². The van der Waals surface area contributed by atoms with E-state index in [-0.39, 0.29) is 5.91 Å². The number of hydrogen-bond donors (Lipinski definition) is 1. The van der Waals surface area contributed by atoms with Crippen molar-refractivity contribution in [3.63, 3.8) is 0 Å². The molecule has 2 aromatic heterocycles. The number of amides is 1. The van der Waals surface area contributed by atoms with E-state index in [9.17, 15) is 4.79 Å². The summed E-state index contributed by atoms with van der Waals surface area (Å²) in [6, 6.07) is 0. The molecule has 0 spiro atoms. The fourth-order valence-corrected chi connectivity index (χ4v) is 2.02. The molecule has 0 saturated carbocycles. The van der Waals surface area contributed by atoms with Gasteiger partial charge in [-0.05, 0) is 13.8 Å². The van der Waals surface area contributed by atoms with Gasteiger partial charge >= 0.3 is 0 Å². The summed E-state index contributed by atoms with van der Waals surface area (Å²) in [5, 5.41) is 11.6. The van der Waals surface area contributed by atoms with E-state index in [1.54, 1.807) is 28.8 Å². The minimum absolute atomic E-state index is 0.162. The summed E-state index contributed by atoms with van der Waals surface area (Å²) >= 11 is 6.04. The molecule has 1 amide bonds. The molecule has 0 aliphatic rings. The Morgan fingerprint density at radius 3 is 2.74 bits per heavy atom. The number of halogens is 1. The van der Waals surface area contributed by atoms with Gasteiger partial charge in [-0.15, -0.1) is 0 Å². The lowest BCUT2D eigenvalue weighted by Crippen LogP contribution is -2.25. The standard InChI is InChI=1S/C12H16ClN5O/c1-4-18-11(10(13)6-16-18)7-14-12(19)9-5-15-17(3)8(9)2/h5-6H,4,7H2,1-3H3,(H,14,19). The number of nitrogens with one attached hydrogen (secondary N) is 1. The van der Waals surface area contributed by atoms with Crippen LogP contribution >= 0.6 is 11.6 Å². The molecule has 0 fully saturated rings. The number of aromatic nitrogens is 4. The normalized spacial score (nSPS) is 10.7. The molecule has 0 saturated heterocycles. The first-order chi connectivity index (χ1) is 9.04. The molecular weight excluding hydrogens is 266 g/mol. The SMILES string of the molecule is CCn1ncc(Cl)c1CNC(=O)c1cnn(C)c1C. The highest BCUT2D eigenvalue weighted by molar-refractivity contribution is 6.31. The van der Waals surface area contributed by atoms with Gasteiger partial charge in [0, 0.05) is 19.3 Å². The molecule has 102 valence electrons. The first-order valence-electron chi connectivity index (χ1n) is 6.01. The zero-order valence-electron chi connectivity index (χ0n) is 11.1. The van der Waals surface area contributed by atoms with E-state index >= 15 is 0 Å². The van der Waals surface area contributed by atoms with Crippen molar-refractivity contribution in [2.75, 3.05) is 0 Å². The van der Waals surface area contributed by atoms with Crippen molar-refractivity contribution in [1.82, 2.24) is 24.9 Å². The maximum atomic E-state index is 12.0. The summed E-state index contributed by atoms with van der Waals surface area (Å²) in [5.74, 6) is -0.162. The Balaban J connectivity index is 2.08. The Labute approximate surface area is 116 Å². The van der Waals surface area contributed by atoms with Crippen molar-refractivity contribution >= 4 is 17.5 Å². The van der Waals surface area contributed by atoms with Crippen LogP contribution in [0.1, 0.15) is 28.7 Å². The maximum absolute atomic E-state index is 12.0. The Bertz CT molecular complexity index is 601. The second-order valence-corrected chi connectivity index (χ2v) is 4.61. The third-order valence-corrected chi connectivity index (χ3v) is 3.41. The highest BCUT2D eigenvalue weighted by Gasteiger charge is 2.14. The molecule has 0 radical (unpaired) electrons. The fourth-order valence-electron chi connectivity index (χ4n) is 1.82. The monoisotopic (exact) mass is 281 g/mol. The molecule has 2 aromatic rings. The van der Waals surface area contributed by atoms with Crippen molar-refractivity contribution in [2.24, 2.45) is 7.05 Å². The summed E-state index contributed by atoms with van der Waals surface area (Å²) < 4.78 is 3.43. The largest absolute Gasteiger partial charge is 0.346 e. The van der Waals surface area contributed by atoms with Gasteiger partial charge in [-0.25, -0.2) is 0 Å². The number of hydrogen-bond acceptors (Lipinski definition) is 3. The molecule has 1 N–H and O–H groups in total. The van der Waals surface area contributed by atoms with Crippen LogP contribution in [0.25, 0.3) is 0 Å². The lowest BCUT2D eigenvalue weighted by atomic mass is 10.2. The quantitative estimate of drug-likeness (QED) is 0.924. The van der Waals surface area contributed by atoms with E-state index in [2.05, 4.69) is 15.5 Å². The molecule has 0 aliphatic heterocycles. The van der Waals surface area contributed by atoms with Crippen LogP contribution in [-0.2, 0) is 20.1 Å². The lowest BCUT2D eigenvalue weighted by Gasteiger charge is -2.07. The van der Waals surface area contributed by atoms with Crippen molar-refractivity contribution in [2.45, 2.75) is 26.9 Å². The molecule has 0 unspecified atom stereocenters. The van der Waals surface area contributed by atoms with Gasteiger partial charge in [-0.1, -0.05) is 11.6 Å². The van der Waals surface area contributed by atoms with Crippen molar-refractivity contribution in [1.29, 1.82) is 0 Å². The molecule has 0 aliphatic carbocycles. The van der Waals surface area contributed by atoms with Gasteiger partial charge < -0.3 is 5.32 Å². The van der Waals surface area contributed by atoms with Gasteiger partial charge in [0.15, 0.2) is 0 Å². The Hall–Kier alpha value is -1.82. The number of aryl methyl sites for hydroxylation is 2. The van der Waals surface area contributed by atoms with E-state index in [0.717, 1.165) is 11.4 Å². The Morgan fingerprint density at radius 2 is 2.16 bits per heavy atom. The summed E-state index contributed by atoms with van der Waals surface area (Å²) in [5.41, 5.74) is 2.20. The fraction of sp³-hybridized carbons (Fsp3) is 0.417. The molecule has 0 bridgehead atoms. The van der Waals surface area contributed by atoms with Crippen molar-refractivity contribution in [3.8, 4) is 0 Å². The number of carbonyl (C=O) groups excluding carboxylic acids is 1. The predicted octanol–water partition coefficient (Wildman–Crippen LogP) is 1.53. The van der Waals surface area contributed by atoms with Crippen LogP contribution in [-0.4, -0.2) is 25.5 Å². The summed E-state index contributed by atoms with van der Waals surface area (Å²) in [6.07, 6.45) is 3.14. The Kier molecular flexibility index (Phi) is 3.90. The second kappa shape index (κ2) is 5.44. The van der Waals surface area contributed by atoms with Crippen LogP contribution in [0, 0.1) is 6.92 Å². The zero-order chi connectivity index (χ0) is 14.0. The summed E-state index contributed by atoms with van der Waals surface area (Å²) in [4.78, 5) is 12.0. The van der Waals surface area contributed by atoms with E-state index < -0.39 is 0 Å². The van der Waals surface area contributed by atoms with Crippen LogP contribution in [0.2, 0.25) is 5.02 Å². The average molecular weight is 282 g/mol. The maximum Gasteiger partial charge on any atom is 0.255 e. The van der Waals surface area contributed by atoms with Gasteiger partial charge in [0.25, 0.3) is 5.91 Å². The first kappa shape index (κ1) is 13.6. The molecule has 19 heavy (non-hydrogen) atoms. The predicted molar refractivity (Wildman–Crippen MR) is 72.0 cm³/mol. The molecule has 0 aromatic carbocycles. The number of nitrogens with zero attached hydrogens (tertiary/aromatic N) is 4. The van der Waals surface area contributed by atoms with E-state index in [1.807, 2.05) is 13.8 Å². The zero-order valence-corrected chi connectivity index (χ0v) is 11.9. The number of carbonyl (C=O) groups is 1. The Morgan fingerprint density at radius 1 is 1.42 bits per heavy atom. The topological polar surface area (TPSA) is 64.7 Å². The molecule has 0 atom stereocenters. The molecule has 2 heterocycles. The second-order valence-electron chi connectivity index (χ2n) is 4.20.